The molecule has 1 aliphatic rings. The number of halogens is 1. The number of aromatic amines is 1. The van der Waals surface area contributed by atoms with E-state index in [9.17, 15) is 14.4 Å². The van der Waals surface area contributed by atoms with Crippen LogP contribution in [0.2, 0.25) is 5.02 Å². The van der Waals surface area contributed by atoms with Crippen molar-refractivity contribution in [1.82, 2.24) is 35.5 Å². The summed E-state index contributed by atoms with van der Waals surface area (Å²) in [5, 5.41) is 18.2. The Balaban J connectivity index is 1.47. The predicted octanol–water partition coefficient (Wildman–Crippen LogP) is 4.06. The fraction of sp³-hybridized carbons (Fsp3) is 0.300. The third-order valence-corrected chi connectivity index (χ3v) is 7.39. The number of ether oxygens (including phenoxy) is 2. The molecule has 2 aromatic carbocycles. The third-order valence-electron chi connectivity index (χ3n) is 7.16. The van der Waals surface area contributed by atoms with Gasteiger partial charge in [-0.15, -0.1) is 5.10 Å². The van der Waals surface area contributed by atoms with Gasteiger partial charge >= 0.3 is 11.9 Å². The summed E-state index contributed by atoms with van der Waals surface area (Å²) in [5.41, 5.74) is 3.95. The molecule has 0 fully saturated rings. The molecule has 2 bridgehead atoms. The number of tetrazole rings is 1. The van der Waals surface area contributed by atoms with Crippen molar-refractivity contribution >= 4 is 41.2 Å². The quantitative estimate of drug-likeness (QED) is 0.203. The number of nitrogens with one attached hydrogen (secondary N) is 3. The molecule has 1 atom stereocenters. The van der Waals surface area contributed by atoms with Crippen molar-refractivity contribution < 1.29 is 23.9 Å². The average Bonchev–Trinajstić information content (AvgIpc) is 3.71. The topological polar surface area (TPSA) is 166 Å². The Hall–Kier alpha value is -5.04. The van der Waals surface area contributed by atoms with E-state index < -0.39 is 12.0 Å². The highest BCUT2D eigenvalue weighted by atomic mass is 35.5. The van der Waals surface area contributed by atoms with E-state index in [4.69, 9.17) is 26.1 Å². The molecule has 0 radical (unpaired) electrons. The Morgan fingerprint density at radius 1 is 1.11 bits per heavy atom. The lowest BCUT2D eigenvalue weighted by Crippen LogP contribution is -2.28. The highest BCUT2D eigenvalue weighted by Gasteiger charge is 2.26. The van der Waals surface area contributed by atoms with Gasteiger partial charge in [0.15, 0.2) is 5.69 Å². The molecule has 13 nitrogen and oxygen atoms in total. The summed E-state index contributed by atoms with van der Waals surface area (Å²) in [5.74, 6) is -0.898. The zero-order valence-electron chi connectivity index (χ0n) is 24.2. The molecule has 3 N–H and O–H groups in total. The van der Waals surface area contributed by atoms with Crippen LogP contribution < -0.4 is 10.6 Å². The van der Waals surface area contributed by atoms with E-state index in [2.05, 4.69) is 31.1 Å². The van der Waals surface area contributed by atoms with E-state index in [-0.39, 0.29) is 24.0 Å². The van der Waals surface area contributed by atoms with Gasteiger partial charge in [0.1, 0.15) is 17.8 Å². The number of carbonyl (C=O) groups excluding carboxylic acids is 3. The fourth-order valence-corrected chi connectivity index (χ4v) is 5.15. The van der Waals surface area contributed by atoms with Crippen LogP contribution in [-0.2, 0) is 25.5 Å². The summed E-state index contributed by atoms with van der Waals surface area (Å²) in [6.45, 7) is 0.669. The van der Waals surface area contributed by atoms with Gasteiger partial charge in [-0.25, -0.2) is 9.78 Å². The molecule has 0 saturated heterocycles. The monoisotopic (exact) mass is 618 g/mol. The maximum Gasteiger partial charge on any atom is 0.356 e. The van der Waals surface area contributed by atoms with Crippen molar-refractivity contribution in [3.8, 4) is 16.9 Å². The molecule has 228 valence electrons. The van der Waals surface area contributed by atoms with E-state index in [0.29, 0.717) is 46.3 Å². The van der Waals surface area contributed by atoms with Crippen molar-refractivity contribution in [2.24, 2.45) is 0 Å². The van der Waals surface area contributed by atoms with Gasteiger partial charge in [0.2, 0.25) is 5.91 Å². The molecule has 14 heteroatoms. The van der Waals surface area contributed by atoms with Gasteiger partial charge in [-0.1, -0.05) is 36.6 Å². The van der Waals surface area contributed by atoms with Crippen LogP contribution in [0.4, 0.5) is 5.69 Å². The lowest BCUT2D eigenvalue weighted by Gasteiger charge is -2.17. The number of rotatable bonds is 7. The number of hydrogen-bond acceptors (Lipinski definition) is 10. The van der Waals surface area contributed by atoms with E-state index >= 15 is 0 Å². The first kappa shape index (κ1) is 30.4. The van der Waals surface area contributed by atoms with E-state index in [0.717, 1.165) is 30.5 Å². The molecule has 0 spiro atoms. The number of anilines is 1. The van der Waals surface area contributed by atoms with Crippen LogP contribution in [0, 0.1) is 0 Å². The van der Waals surface area contributed by atoms with Gasteiger partial charge in [-0.3, -0.25) is 9.59 Å². The number of methoxy groups -OCH3 is 2. The molecule has 0 unspecified atom stereocenters. The standard InChI is InChI=1S/C30H31ClN8O5/c1-43-26(41)15-18-7-10-21-23(14-18)32-13-5-3-4-6-22(29-35-27(21)28(36-29)30(42)44-2)34-25(40)12-8-19-16-20(31)9-11-24(19)39-17-33-37-38-39/h7-12,14,16-17,22,32H,3-6,13,15H2,1-2H3,(H,34,40)(H,35,36)/b12-8+/t22-/m0/s1. The Labute approximate surface area is 258 Å². The van der Waals surface area contributed by atoms with Crippen molar-refractivity contribution in [2.45, 2.75) is 38.1 Å². The lowest BCUT2D eigenvalue weighted by atomic mass is 10.0. The van der Waals surface area contributed by atoms with Crippen molar-refractivity contribution in [1.29, 1.82) is 0 Å². The second kappa shape index (κ2) is 14.0. The summed E-state index contributed by atoms with van der Waals surface area (Å²) < 4.78 is 11.4. The molecule has 2 aromatic heterocycles. The van der Waals surface area contributed by atoms with Gasteiger partial charge in [0, 0.05) is 34.5 Å². The van der Waals surface area contributed by atoms with Gasteiger partial charge in [0.05, 0.1) is 32.4 Å². The van der Waals surface area contributed by atoms with Crippen LogP contribution in [-0.4, -0.2) is 68.8 Å². The van der Waals surface area contributed by atoms with Gasteiger partial charge in [-0.05, 0) is 59.2 Å². The number of hydrogen-bond donors (Lipinski definition) is 3. The van der Waals surface area contributed by atoms with Crippen LogP contribution in [0.15, 0.2) is 48.8 Å². The first-order valence-corrected chi connectivity index (χ1v) is 14.4. The molecule has 1 aliphatic heterocycles. The van der Waals surface area contributed by atoms with Crippen LogP contribution in [0.3, 0.4) is 0 Å². The number of amides is 1. The number of benzene rings is 2. The molecule has 1 amide bonds. The maximum absolute atomic E-state index is 13.2. The van der Waals surface area contributed by atoms with Crippen LogP contribution in [0.1, 0.15) is 59.2 Å². The fourth-order valence-electron chi connectivity index (χ4n) is 4.97. The maximum atomic E-state index is 13.2. The van der Waals surface area contributed by atoms with Gasteiger partial charge < -0.3 is 25.1 Å². The van der Waals surface area contributed by atoms with Gasteiger partial charge in [0.25, 0.3) is 0 Å². The molecule has 4 aromatic rings. The zero-order valence-corrected chi connectivity index (χ0v) is 24.9. The molecular weight excluding hydrogens is 588 g/mol. The number of nitrogens with zero attached hydrogens (tertiary/aromatic N) is 5. The van der Waals surface area contributed by atoms with E-state index in [1.54, 1.807) is 30.3 Å². The number of aromatic nitrogens is 6. The van der Waals surface area contributed by atoms with Crippen LogP contribution >= 0.6 is 11.6 Å². The normalized spacial score (nSPS) is 14.9. The number of imidazole rings is 1. The summed E-state index contributed by atoms with van der Waals surface area (Å²) in [4.78, 5) is 45.9. The average molecular weight is 619 g/mol. The minimum atomic E-state index is -0.598. The Morgan fingerprint density at radius 2 is 1.98 bits per heavy atom. The van der Waals surface area contributed by atoms with E-state index in [1.165, 1.54) is 31.3 Å². The van der Waals surface area contributed by atoms with Crippen molar-refractivity contribution in [3.05, 3.63) is 76.5 Å². The second-order valence-corrected chi connectivity index (χ2v) is 10.5. The van der Waals surface area contributed by atoms with Crippen molar-refractivity contribution in [3.63, 3.8) is 0 Å². The molecule has 44 heavy (non-hydrogen) atoms. The predicted molar refractivity (Wildman–Crippen MR) is 162 cm³/mol. The summed E-state index contributed by atoms with van der Waals surface area (Å²) in [6, 6.07) is 10.1. The minimum Gasteiger partial charge on any atom is -0.469 e. The zero-order chi connectivity index (χ0) is 31.1. The molecule has 0 saturated carbocycles. The van der Waals surface area contributed by atoms with Crippen LogP contribution in [0.5, 0.6) is 0 Å². The number of esters is 2. The SMILES string of the molecule is COC(=O)Cc1ccc2c(c1)NCCCCC[C@H](NC(=O)/C=C/c1cc(Cl)ccc1-n1cnnn1)c1nc-2c(C(=O)OC)[nH]1. The van der Waals surface area contributed by atoms with Gasteiger partial charge in [-0.2, -0.15) is 4.68 Å². The summed E-state index contributed by atoms with van der Waals surface area (Å²) in [7, 11) is 2.64. The largest absolute Gasteiger partial charge is 0.469 e. The highest BCUT2D eigenvalue weighted by Crippen LogP contribution is 2.33. The molecule has 3 heterocycles. The lowest BCUT2D eigenvalue weighted by molar-refractivity contribution is -0.139. The number of carbonyl (C=O) groups is 3. The smallest absolute Gasteiger partial charge is 0.356 e. The first-order valence-electron chi connectivity index (χ1n) is 14.0. The van der Waals surface area contributed by atoms with E-state index in [1.807, 2.05) is 12.1 Å². The van der Waals surface area contributed by atoms with Crippen molar-refractivity contribution in [2.75, 3.05) is 26.1 Å². The van der Waals surface area contributed by atoms with Crippen LogP contribution in [0.25, 0.3) is 23.0 Å². The Kier molecular flexibility index (Phi) is 9.65. The Bertz CT molecular complexity index is 1680. The number of H-pyrrole nitrogens is 1. The first-order chi connectivity index (χ1) is 21.4. The number of fused-ring (bicyclic) bond motifs is 4. The highest BCUT2D eigenvalue weighted by molar-refractivity contribution is 6.30. The Morgan fingerprint density at radius 3 is 2.75 bits per heavy atom. The molecule has 0 aliphatic carbocycles. The molecule has 5 rings (SSSR count). The third kappa shape index (κ3) is 7.11. The second-order valence-electron chi connectivity index (χ2n) is 10.1. The molecular formula is C30H31ClN8O5. The summed E-state index contributed by atoms with van der Waals surface area (Å²) >= 11 is 6.22. The minimum absolute atomic E-state index is 0.106. The summed E-state index contributed by atoms with van der Waals surface area (Å²) in [6.07, 6.45) is 7.75.